The van der Waals surface area contributed by atoms with Crippen LogP contribution in [-0.2, 0) is 4.57 Å². The molecule has 0 fully saturated rings. The molecule has 0 aliphatic carbocycles. The zero-order valence-corrected chi connectivity index (χ0v) is 14.2. The summed E-state index contributed by atoms with van der Waals surface area (Å²) in [5, 5.41) is 0. The molecule has 1 heterocycles. The van der Waals surface area contributed by atoms with Crippen LogP contribution in [0.5, 0.6) is 17.2 Å². The van der Waals surface area contributed by atoms with E-state index >= 15 is 0 Å². The highest BCUT2D eigenvalue weighted by atomic mass is 31.2. The summed E-state index contributed by atoms with van der Waals surface area (Å²) in [6, 6.07) is 25.3. The fourth-order valence-electron chi connectivity index (χ4n) is 2.54. The summed E-state index contributed by atoms with van der Waals surface area (Å²) >= 11 is 0. The maximum Gasteiger partial charge on any atom is 0.547 e. The number of hydrogen-bond donors (Lipinski definition) is 0. The predicted octanol–water partition coefficient (Wildman–Crippen LogP) is 5.11. The van der Waals surface area contributed by atoms with Crippen molar-refractivity contribution in [1.29, 1.82) is 0 Å². The molecule has 0 bridgehead atoms. The summed E-state index contributed by atoms with van der Waals surface area (Å²) in [5.74, 6) is 1.58. The standard InChI is InChI=1S/C19H16NO4P/c21-25(23-16-9-3-1-4-10-16,24-17-11-5-2-6-12-17)20-15-22-19-14-8-7-13-18(19)20/h1-14H,15H2. The van der Waals surface area contributed by atoms with E-state index in [1.54, 1.807) is 24.3 Å². The van der Waals surface area contributed by atoms with Crippen LogP contribution < -0.4 is 18.5 Å². The SMILES string of the molecule is O=P(Oc1ccccc1)(Oc1ccccc1)N1COc2ccccc21. The minimum Gasteiger partial charge on any atom is -0.470 e. The fourth-order valence-corrected chi connectivity index (χ4v) is 4.18. The van der Waals surface area contributed by atoms with Crippen LogP contribution >= 0.6 is 7.75 Å². The van der Waals surface area contributed by atoms with E-state index in [9.17, 15) is 4.57 Å². The molecular weight excluding hydrogens is 337 g/mol. The lowest BCUT2D eigenvalue weighted by atomic mass is 10.3. The summed E-state index contributed by atoms with van der Waals surface area (Å²) in [4.78, 5) is 0. The van der Waals surface area contributed by atoms with Crippen LogP contribution in [0.3, 0.4) is 0 Å². The van der Waals surface area contributed by atoms with Gasteiger partial charge in [-0.15, -0.1) is 0 Å². The van der Waals surface area contributed by atoms with E-state index in [0.29, 0.717) is 22.9 Å². The number of nitrogens with zero attached hydrogens (tertiary/aromatic N) is 1. The first kappa shape index (κ1) is 15.6. The van der Waals surface area contributed by atoms with Gasteiger partial charge in [-0.05, 0) is 36.4 Å². The van der Waals surface area contributed by atoms with Gasteiger partial charge in [0.25, 0.3) is 0 Å². The first-order valence-corrected chi connectivity index (χ1v) is 9.33. The number of ether oxygens (including phenoxy) is 1. The number of rotatable bonds is 5. The van der Waals surface area contributed by atoms with E-state index in [1.807, 2.05) is 60.7 Å². The van der Waals surface area contributed by atoms with E-state index in [4.69, 9.17) is 13.8 Å². The number of para-hydroxylation sites is 4. The number of hydrogen-bond acceptors (Lipinski definition) is 4. The van der Waals surface area contributed by atoms with Crippen LogP contribution in [0.15, 0.2) is 84.9 Å². The highest BCUT2D eigenvalue weighted by Gasteiger charge is 2.42. The Kier molecular flexibility index (Phi) is 4.08. The van der Waals surface area contributed by atoms with Crippen molar-refractivity contribution in [2.45, 2.75) is 0 Å². The maximum absolute atomic E-state index is 13.7. The Bertz CT molecular complexity index is 856. The molecule has 4 rings (SSSR count). The second kappa shape index (κ2) is 6.54. The Hall–Kier alpha value is -2.91. The van der Waals surface area contributed by atoms with Crippen molar-refractivity contribution >= 4 is 13.4 Å². The fraction of sp³-hybridized carbons (Fsp3) is 0.0526. The summed E-state index contributed by atoms with van der Waals surface area (Å²) in [7, 11) is -3.73. The van der Waals surface area contributed by atoms with Crippen molar-refractivity contribution < 1.29 is 18.3 Å². The third-order valence-corrected chi connectivity index (χ3v) is 5.51. The molecule has 0 unspecified atom stereocenters. The quantitative estimate of drug-likeness (QED) is 0.597. The van der Waals surface area contributed by atoms with Crippen molar-refractivity contribution in [2.75, 3.05) is 11.4 Å². The van der Waals surface area contributed by atoms with Crippen LogP contribution in [0, 0.1) is 0 Å². The predicted molar refractivity (Wildman–Crippen MR) is 96.2 cm³/mol. The zero-order valence-electron chi connectivity index (χ0n) is 13.3. The van der Waals surface area contributed by atoms with Crippen LogP contribution in [0.1, 0.15) is 0 Å². The summed E-state index contributed by atoms with van der Waals surface area (Å²) in [6.07, 6.45) is 0. The third kappa shape index (κ3) is 3.19. The van der Waals surface area contributed by atoms with Crippen LogP contribution in [0.25, 0.3) is 0 Å². The van der Waals surface area contributed by atoms with Gasteiger partial charge in [0.2, 0.25) is 0 Å². The highest BCUT2D eigenvalue weighted by Crippen LogP contribution is 2.57. The molecule has 3 aromatic carbocycles. The Labute approximate surface area is 146 Å². The van der Waals surface area contributed by atoms with E-state index in [1.165, 1.54) is 4.67 Å². The van der Waals surface area contributed by atoms with E-state index in [-0.39, 0.29) is 6.73 Å². The van der Waals surface area contributed by atoms with Crippen LogP contribution in [0.2, 0.25) is 0 Å². The molecule has 0 N–H and O–H groups in total. The second-order valence-corrected chi connectivity index (χ2v) is 7.20. The second-order valence-electron chi connectivity index (χ2n) is 5.42. The molecular formula is C19H16NO4P. The van der Waals surface area contributed by atoms with Gasteiger partial charge in [0, 0.05) is 0 Å². The molecule has 6 heteroatoms. The first-order valence-electron chi connectivity index (χ1n) is 7.84. The smallest absolute Gasteiger partial charge is 0.470 e. The Morgan fingerprint density at radius 3 is 1.88 bits per heavy atom. The zero-order chi connectivity index (χ0) is 17.1. The van der Waals surface area contributed by atoms with E-state index in [2.05, 4.69) is 0 Å². The van der Waals surface area contributed by atoms with Crippen molar-refractivity contribution in [1.82, 2.24) is 0 Å². The Morgan fingerprint density at radius 2 is 1.28 bits per heavy atom. The largest absolute Gasteiger partial charge is 0.547 e. The van der Waals surface area contributed by atoms with E-state index < -0.39 is 7.75 Å². The van der Waals surface area contributed by atoms with Gasteiger partial charge >= 0.3 is 7.75 Å². The lowest BCUT2D eigenvalue weighted by Crippen LogP contribution is -2.25. The molecule has 0 radical (unpaired) electrons. The molecule has 126 valence electrons. The summed E-state index contributed by atoms with van der Waals surface area (Å²) < 4.78 is 32.5. The molecule has 0 saturated carbocycles. The molecule has 1 aliphatic rings. The molecule has 5 nitrogen and oxygen atoms in total. The Balaban J connectivity index is 1.72. The van der Waals surface area contributed by atoms with E-state index in [0.717, 1.165) is 0 Å². The summed E-state index contributed by atoms with van der Waals surface area (Å²) in [6.45, 7) is 0.0935. The van der Waals surface area contributed by atoms with Crippen molar-refractivity contribution in [3.8, 4) is 17.2 Å². The minimum atomic E-state index is -3.73. The average molecular weight is 353 g/mol. The van der Waals surface area contributed by atoms with Crippen molar-refractivity contribution in [2.24, 2.45) is 0 Å². The Morgan fingerprint density at radius 1 is 0.760 bits per heavy atom. The average Bonchev–Trinajstić information content (AvgIpc) is 3.08. The number of fused-ring (bicyclic) bond motifs is 1. The van der Waals surface area contributed by atoms with Crippen molar-refractivity contribution in [3.05, 3.63) is 84.9 Å². The van der Waals surface area contributed by atoms with Crippen molar-refractivity contribution in [3.63, 3.8) is 0 Å². The summed E-state index contributed by atoms with van der Waals surface area (Å²) in [5.41, 5.74) is 0.678. The molecule has 1 aliphatic heterocycles. The molecule has 0 saturated heterocycles. The van der Waals surface area contributed by atoms with Gasteiger partial charge < -0.3 is 13.8 Å². The lowest BCUT2D eigenvalue weighted by molar-refractivity contribution is 0.334. The van der Waals surface area contributed by atoms with Gasteiger partial charge in [0.1, 0.15) is 17.2 Å². The monoisotopic (exact) mass is 353 g/mol. The topological polar surface area (TPSA) is 48.0 Å². The number of anilines is 1. The van der Waals surface area contributed by atoms with Crippen LogP contribution in [-0.4, -0.2) is 6.73 Å². The first-order chi connectivity index (χ1) is 12.2. The molecule has 0 aromatic heterocycles. The molecule has 0 amide bonds. The van der Waals surface area contributed by atoms with Gasteiger partial charge in [-0.2, -0.15) is 0 Å². The van der Waals surface area contributed by atoms with Crippen LogP contribution in [0.4, 0.5) is 5.69 Å². The third-order valence-electron chi connectivity index (χ3n) is 3.71. The lowest BCUT2D eigenvalue weighted by Gasteiger charge is -2.27. The molecule has 25 heavy (non-hydrogen) atoms. The van der Waals surface area contributed by atoms with Gasteiger partial charge in [-0.25, -0.2) is 9.24 Å². The normalized spacial score (nSPS) is 13.0. The van der Waals surface area contributed by atoms with Gasteiger partial charge in [-0.1, -0.05) is 48.5 Å². The maximum atomic E-state index is 13.7. The molecule has 0 spiro atoms. The molecule has 3 aromatic rings. The minimum absolute atomic E-state index is 0.0935. The van der Waals surface area contributed by atoms with Gasteiger partial charge in [0.15, 0.2) is 6.73 Å². The van der Waals surface area contributed by atoms with Gasteiger partial charge in [-0.3, -0.25) is 0 Å². The number of benzene rings is 3. The molecule has 0 atom stereocenters. The highest BCUT2D eigenvalue weighted by molar-refractivity contribution is 7.56. The van der Waals surface area contributed by atoms with Gasteiger partial charge in [0.05, 0.1) is 5.69 Å².